The summed E-state index contributed by atoms with van der Waals surface area (Å²) in [5.74, 6) is -0.128. The van der Waals surface area contributed by atoms with Crippen molar-refractivity contribution in [2.24, 2.45) is 5.41 Å². The van der Waals surface area contributed by atoms with E-state index in [0.717, 1.165) is 5.69 Å². The van der Waals surface area contributed by atoms with Gasteiger partial charge in [-0.25, -0.2) is 0 Å². The van der Waals surface area contributed by atoms with Gasteiger partial charge in [-0.05, 0) is 30.4 Å². The quantitative estimate of drug-likeness (QED) is 0.770. The normalized spacial score (nSPS) is 10.8. The zero-order valence-corrected chi connectivity index (χ0v) is 11.6. The summed E-state index contributed by atoms with van der Waals surface area (Å²) in [5, 5.41) is 6.41. The highest BCUT2D eigenvalue weighted by Crippen LogP contribution is 2.15. The first-order valence-corrected chi connectivity index (χ1v) is 5.95. The predicted molar refractivity (Wildman–Crippen MR) is 75.3 cm³/mol. The molecule has 1 aromatic rings. The highest BCUT2D eigenvalue weighted by Gasteiger charge is 2.21. The van der Waals surface area contributed by atoms with Crippen LogP contribution >= 0.6 is 23.8 Å². The largest absolute Gasteiger partial charge is 0.332 e. The van der Waals surface area contributed by atoms with Gasteiger partial charge in [-0.15, -0.1) is 0 Å². The fourth-order valence-corrected chi connectivity index (χ4v) is 1.42. The van der Waals surface area contributed by atoms with Crippen LogP contribution < -0.4 is 10.6 Å². The highest BCUT2D eigenvalue weighted by atomic mass is 35.5. The van der Waals surface area contributed by atoms with Crippen molar-refractivity contribution in [2.75, 3.05) is 5.32 Å². The molecule has 0 aliphatic heterocycles. The number of carbonyl (C=O) groups is 1. The summed E-state index contributed by atoms with van der Waals surface area (Å²) in [6.07, 6.45) is 0. The molecular formula is C12H15ClN2OS. The molecule has 0 radical (unpaired) electrons. The van der Waals surface area contributed by atoms with E-state index in [-0.39, 0.29) is 11.0 Å². The maximum atomic E-state index is 11.7. The van der Waals surface area contributed by atoms with Crippen LogP contribution in [0, 0.1) is 5.41 Å². The van der Waals surface area contributed by atoms with E-state index < -0.39 is 5.41 Å². The molecule has 0 bridgehead atoms. The Bertz CT molecular complexity index is 440. The lowest BCUT2D eigenvalue weighted by atomic mass is 9.96. The number of carbonyl (C=O) groups excluding carboxylic acids is 1. The van der Waals surface area contributed by atoms with Gasteiger partial charge in [0.15, 0.2) is 5.11 Å². The molecule has 0 aliphatic carbocycles. The van der Waals surface area contributed by atoms with E-state index >= 15 is 0 Å². The fraction of sp³-hybridized carbons (Fsp3) is 0.333. The summed E-state index contributed by atoms with van der Waals surface area (Å²) in [6.45, 7) is 5.47. The third-order valence-electron chi connectivity index (χ3n) is 1.99. The first kappa shape index (κ1) is 13.9. The summed E-state index contributed by atoms with van der Waals surface area (Å²) in [4.78, 5) is 11.7. The molecule has 0 atom stereocenters. The van der Waals surface area contributed by atoms with Gasteiger partial charge in [0, 0.05) is 16.1 Å². The molecule has 0 spiro atoms. The third-order valence-corrected chi connectivity index (χ3v) is 2.43. The van der Waals surface area contributed by atoms with Gasteiger partial charge in [-0.3, -0.25) is 4.79 Å². The number of anilines is 1. The first-order chi connectivity index (χ1) is 7.79. The smallest absolute Gasteiger partial charge is 0.231 e. The van der Waals surface area contributed by atoms with Crippen molar-refractivity contribution in [1.29, 1.82) is 0 Å². The Balaban J connectivity index is 2.59. The van der Waals surface area contributed by atoms with E-state index in [9.17, 15) is 4.79 Å². The van der Waals surface area contributed by atoms with Gasteiger partial charge in [0.2, 0.25) is 5.91 Å². The van der Waals surface area contributed by atoms with Crippen molar-refractivity contribution < 1.29 is 4.79 Å². The fourth-order valence-electron chi connectivity index (χ4n) is 1.02. The second-order valence-corrected chi connectivity index (χ2v) is 5.51. The summed E-state index contributed by atoms with van der Waals surface area (Å²) in [7, 11) is 0. The molecule has 1 amide bonds. The summed E-state index contributed by atoms with van der Waals surface area (Å²) in [5.41, 5.74) is 0.275. The van der Waals surface area contributed by atoms with Crippen LogP contribution in [-0.2, 0) is 4.79 Å². The number of halogens is 1. The summed E-state index contributed by atoms with van der Waals surface area (Å²) in [6, 6.07) is 7.13. The molecule has 0 aliphatic rings. The van der Waals surface area contributed by atoms with Crippen LogP contribution in [0.3, 0.4) is 0 Å². The second kappa shape index (κ2) is 5.47. The Morgan fingerprint density at radius 2 is 2.00 bits per heavy atom. The molecule has 5 heteroatoms. The molecule has 1 aromatic carbocycles. The van der Waals surface area contributed by atoms with Crippen LogP contribution in [-0.4, -0.2) is 11.0 Å². The van der Waals surface area contributed by atoms with Crippen molar-refractivity contribution >= 4 is 40.5 Å². The van der Waals surface area contributed by atoms with Crippen LogP contribution in [0.15, 0.2) is 24.3 Å². The SMILES string of the molecule is CC(C)(C)C(=O)NC(=S)Nc1cccc(Cl)c1. The molecule has 0 saturated heterocycles. The number of amides is 1. The van der Waals surface area contributed by atoms with Gasteiger partial charge in [-0.2, -0.15) is 0 Å². The van der Waals surface area contributed by atoms with Gasteiger partial charge >= 0.3 is 0 Å². The number of hydrogen-bond donors (Lipinski definition) is 2. The average molecular weight is 271 g/mol. The molecule has 0 fully saturated rings. The minimum Gasteiger partial charge on any atom is -0.332 e. The van der Waals surface area contributed by atoms with Crippen LogP contribution in [0.2, 0.25) is 5.02 Å². The molecule has 3 nitrogen and oxygen atoms in total. The number of benzene rings is 1. The van der Waals surface area contributed by atoms with E-state index in [1.54, 1.807) is 18.2 Å². The Kier molecular flexibility index (Phi) is 4.48. The van der Waals surface area contributed by atoms with Crippen molar-refractivity contribution in [3.8, 4) is 0 Å². The van der Waals surface area contributed by atoms with Gasteiger partial charge < -0.3 is 10.6 Å². The Hall–Kier alpha value is -1.13. The van der Waals surface area contributed by atoms with E-state index in [1.165, 1.54) is 0 Å². The number of rotatable bonds is 1. The lowest BCUT2D eigenvalue weighted by molar-refractivity contribution is -0.126. The van der Waals surface area contributed by atoms with E-state index in [1.807, 2.05) is 26.8 Å². The Morgan fingerprint density at radius 3 is 2.53 bits per heavy atom. The molecule has 0 heterocycles. The van der Waals surface area contributed by atoms with Gasteiger partial charge in [0.25, 0.3) is 0 Å². The molecular weight excluding hydrogens is 256 g/mol. The van der Waals surface area contributed by atoms with Crippen molar-refractivity contribution in [1.82, 2.24) is 5.32 Å². The van der Waals surface area contributed by atoms with E-state index in [2.05, 4.69) is 10.6 Å². The predicted octanol–water partition coefficient (Wildman–Crippen LogP) is 3.20. The Labute approximate surface area is 112 Å². The molecule has 0 aromatic heterocycles. The van der Waals surface area contributed by atoms with Crippen LogP contribution in [0.5, 0.6) is 0 Å². The zero-order valence-electron chi connectivity index (χ0n) is 10.0. The minimum absolute atomic E-state index is 0.128. The number of thiocarbonyl (C=S) groups is 1. The van der Waals surface area contributed by atoms with Crippen LogP contribution in [0.25, 0.3) is 0 Å². The molecule has 92 valence electrons. The van der Waals surface area contributed by atoms with Crippen LogP contribution in [0.1, 0.15) is 20.8 Å². The van der Waals surface area contributed by atoms with Gasteiger partial charge in [0.05, 0.1) is 0 Å². The maximum Gasteiger partial charge on any atom is 0.231 e. The number of nitrogens with one attached hydrogen (secondary N) is 2. The van der Waals surface area contributed by atoms with Crippen molar-refractivity contribution in [3.63, 3.8) is 0 Å². The standard InChI is InChI=1S/C12H15ClN2OS/c1-12(2,3)10(16)15-11(17)14-9-6-4-5-8(13)7-9/h4-7H,1-3H3,(H2,14,15,16,17). The van der Waals surface area contributed by atoms with Gasteiger partial charge in [-0.1, -0.05) is 38.4 Å². The Morgan fingerprint density at radius 1 is 1.35 bits per heavy atom. The monoisotopic (exact) mass is 270 g/mol. The second-order valence-electron chi connectivity index (χ2n) is 4.67. The summed E-state index contributed by atoms with van der Waals surface area (Å²) >= 11 is 10.9. The molecule has 0 saturated carbocycles. The minimum atomic E-state index is -0.472. The van der Waals surface area contributed by atoms with Gasteiger partial charge in [0.1, 0.15) is 0 Å². The van der Waals surface area contributed by atoms with E-state index in [4.69, 9.17) is 23.8 Å². The number of hydrogen-bond acceptors (Lipinski definition) is 2. The van der Waals surface area contributed by atoms with Crippen LogP contribution in [0.4, 0.5) is 5.69 Å². The lowest BCUT2D eigenvalue weighted by Crippen LogP contribution is -2.41. The molecule has 0 unspecified atom stereocenters. The lowest BCUT2D eigenvalue weighted by Gasteiger charge is -2.18. The first-order valence-electron chi connectivity index (χ1n) is 5.17. The molecule has 17 heavy (non-hydrogen) atoms. The van der Waals surface area contributed by atoms with Crippen molar-refractivity contribution in [3.05, 3.63) is 29.3 Å². The van der Waals surface area contributed by atoms with E-state index in [0.29, 0.717) is 5.02 Å². The van der Waals surface area contributed by atoms with Crippen molar-refractivity contribution in [2.45, 2.75) is 20.8 Å². The maximum absolute atomic E-state index is 11.7. The average Bonchev–Trinajstić information content (AvgIpc) is 2.15. The highest BCUT2D eigenvalue weighted by molar-refractivity contribution is 7.80. The topological polar surface area (TPSA) is 41.1 Å². The zero-order chi connectivity index (χ0) is 13.1. The molecule has 2 N–H and O–H groups in total. The third kappa shape index (κ3) is 4.71. The summed E-state index contributed by atoms with van der Waals surface area (Å²) < 4.78 is 0. The molecule has 1 rings (SSSR count).